The summed E-state index contributed by atoms with van der Waals surface area (Å²) in [4.78, 5) is 51.2. The summed E-state index contributed by atoms with van der Waals surface area (Å²) < 4.78 is 41.5. The summed E-state index contributed by atoms with van der Waals surface area (Å²) in [6, 6.07) is 10.3. The van der Waals surface area contributed by atoms with Crippen molar-refractivity contribution in [2.24, 2.45) is 0 Å². The van der Waals surface area contributed by atoms with Gasteiger partial charge in [0.1, 0.15) is 11.9 Å². The van der Waals surface area contributed by atoms with Crippen LogP contribution in [0.4, 0.5) is 24.8 Å². The van der Waals surface area contributed by atoms with E-state index in [9.17, 15) is 27.6 Å². The number of halogens is 4. The van der Waals surface area contributed by atoms with Gasteiger partial charge in [-0.1, -0.05) is 35.9 Å². The van der Waals surface area contributed by atoms with E-state index in [-0.39, 0.29) is 41.0 Å². The van der Waals surface area contributed by atoms with Crippen LogP contribution in [-0.2, 0) is 14.4 Å². The zero-order valence-corrected chi connectivity index (χ0v) is 21.9. The SMILES string of the molecule is O=C(NC1CC(F)(F)C1)[C@H](c1ccccc1Cl)N(C(=O)C[C@@H]1CCC(=O)N1c1ncccn1)c1cccc(F)c1. The van der Waals surface area contributed by atoms with Gasteiger partial charge in [0, 0.05) is 66.4 Å². The second kappa shape index (κ2) is 11.2. The van der Waals surface area contributed by atoms with Gasteiger partial charge in [0.05, 0.1) is 0 Å². The van der Waals surface area contributed by atoms with E-state index in [0.717, 1.165) is 11.0 Å². The Morgan fingerprint density at radius 3 is 2.50 bits per heavy atom. The molecule has 0 unspecified atom stereocenters. The lowest BCUT2D eigenvalue weighted by molar-refractivity contribution is -0.133. The molecule has 5 rings (SSSR count). The quantitative estimate of drug-likeness (QED) is 0.417. The lowest BCUT2D eigenvalue weighted by Crippen LogP contribution is -2.54. The van der Waals surface area contributed by atoms with Gasteiger partial charge >= 0.3 is 0 Å². The van der Waals surface area contributed by atoms with E-state index >= 15 is 0 Å². The molecule has 0 radical (unpaired) electrons. The van der Waals surface area contributed by atoms with Crippen LogP contribution in [-0.4, -0.2) is 45.7 Å². The monoisotopic (exact) mass is 571 g/mol. The summed E-state index contributed by atoms with van der Waals surface area (Å²) in [7, 11) is 0. The molecule has 1 aromatic heterocycles. The van der Waals surface area contributed by atoms with Crippen molar-refractivity contribution < 1.29 is 27.6 Å². The second-order valence-electron chi connectivity index (χ2n) is 9.85. The van der Waals surface area contributed by atoms with Gasteiger partial charge in [-0.3, -0.25) is 24.2 Å². The molecule has 1 saturated carbocycles. The maximum absolute atomic E-state index is 14.4. The van der Waals surface area contributed by atoms with Crippen LogP contribution in [0.1, 0.15) is 43.7 Å². The molecule has 0 bridgehead atoms. The molecule has 1 saturated heterocycles. The number of aromatic nitrogens is 2. The summed E-state index contributed by atoms with van der Waals surface area (Å²) in [5, 5.41) is 2.76. The van der Waals surface area contributed by atoms with Gasteiger partial charge in [-0.25, -0.2) is 23.1 Å². The number of carbonyl (C=O) groups excluding carboxylic acids is 3. The van der Waals surface area contributed by atoms with Crippen LogP contribution in [0.5, 0.6) is 0 Å². The Labute approximate surface area is 233 Å². The van der Waals surface area contributed by atoms with Crippen LogP contribution in [0.3, 0.4) is 0 Å². The van der Waals surface area contributed by atoms with Crippen molar-refractivity contribution >= 4 is 41.0 Å². The van der Waals surface area contributed by atoms with E-state index in [0.29, 0.717) is 6.42 Å². The van der Waals surface area contributed by atoms with Crippen LogP contribution in [0.25, 0.3) is 0 Å². The minimum Gasteiger partial charge on any atom is -0.351 e. The lowest BCUT2D eigenvalue weighted by atomic mass is 9.87. The molecular formula is C28H25ClF3N5O3. The topological polar surface area (TPSA) is 95.5 Å². The minimum absolute atomic E-state index is 0.0656. The molecule has 3 aromatic rings. The Hall–Kier alpha value is -3.99. The van der Waals surface area contributed by atoms with Crippen molar-refractivity contribution in [2.45, 2.75) is 56.2 Å². The fraction of sp³-hybridized carbons (Fsp3) is 0.321. The molecule has 2 fully saturated rings. The summed E-state index contributed by atoms with van der Waals surface area (Å²) in [6.45, 7) is 0. The fourth-order valence-electron chi connectivity index (χ4n) is 5.13. The summed E-state index contributed by atoms with van der Waals surface area (Å²) in [5.41, 5.74) is 0.298. The van der Waals surface area contributed by atoms with Crippen LogP contribution < -0.4 is 15.1 Å². The fourth-order valence-corrected chi connectivity index (χ4v) is 5.37. The van der Waals surface area contributed by atoms with Crippen molar-refractivity contribution in [3.05, 3.63) is 83.4 Å². The molecule has 40 heavy (non-hydrogen) atoms. The third kappa shape index (κ3) is 5.79. The van der Waals surface area contributed by atoms with E-state index < -0.39 is 54.5 Å². The van der Waals surface area contributed by atoms with Gasteiger partial charge in [0.15, 0.2) is 0 Å². The number of hydrogen-bond acceptors (Lipinski definition) is 5. The Morgan fingerprint density at radius 2 is 1.82 bits per heavy atom. The largest absolute Gasteiger partial charge is 0.351 e. The average Bonchev–Trinajstić information content (AvgIpc) is 3.26. The first kappa shape index (κ1) is 27.6. The predicted octanol–water partition coefficient (Wildman–Crippen LogP) is 4.84. The molecule has 12 heteroatoms. The van der Waals surface area contributed by atoms with Crippen molar-refractivity contribution in [2.75, 3.05) is 9.80 Å². The second-order valence-corrected chi connectivity index (χ2v) is 10.3. The molecule has 1 aliphatic carbocycles. The highest BCUT2D eigenvalue weighted by molar-refractivity contribution is 6.31. The Kier molecular flexibility index (Phi) is 7.75. The van der Waals surface area contributed by atoms with Gasteiger partial charge < -0.3 is 5.32 Å². The first-order chi connectivity index (χ1) is 19.1. The van der Waals surface area contributed by atoms with Crippen LogP contribution in [0, 0.1) is 5.82 Å². The Morgan fingerprint density at radius 1 is 1.10 bits per heavy atom. The van der Waals surface area contributed by atoms with Crippen molar-refractivity contribution in [3.8, 4) is 0 Å². The summed E-state index contributed by atoms with van der Waals surface area (Å²) in [5.74, 6) is -4.99. The standard InChI is InChI=1S/C28H25ClF3N5O3/c29-22-8-2-1-7-21(22)25(26(40)35-18-15-28(31,32)16-18)36(19-6-3-5-17(30)13-19)24(39)14-20-9-10-23(38)37(20)27-33-11-4-12-34-27/h1-8,11-13,18,20,25H,9-10,14-16H2,(H,35,40)/t20-,25-/m0/s1. The zero-order valence-electron chi connectivity index (χ0n) is 21.1. The predicted molar refractivity (Wildman–Crippen MR) is 141 cm³/mol. The molecule has 2 atom stereocenters. The third-order valence-electron chi connectivity index (χ3n) is 7.00. The molecule has 8 nitrogen and oxygen atoms in total. The van der Waals surface area contributed by atoms with Gasteiger partial charge in [0.25, 0.3) is 5.92 Å². The zero-order chi connectivity index (χ0) is 28.4. The first-order valence-electron chi connectivity index (χ1n) is 12.7. The van der Waals surface area contributed by atoms with Gasteiger partial charge in [0.2, 0.25) is 23.7 Å². The highest BCUT2D eigenvalue weighted by Crippen LogP contribution is 2.39. The number of nitrogens with one attached hydrogen (secondary N) is 1. The summed E-state index contributed by atoms with van der Waals surface area (Å²) in [6.07, 6.45) is 2.16. The Balaban J connectivity index is 1.52. The molecule has 0 spiro atoms. The van der Waals surface area contributed by atoms with Gasteiger partial charge in [-0.15, -0.1) is 0 Å². The number of amides is 3. The number of rotatable bonds is 8. The van der Waals surface area contributed by atoms with Gasteiger partial charge in [-0.2, -0.15) is 0 Å². The van der Waals surface area contributed by atoms with E-state index in [1.165, 1.54) is 41.6 Å². The molecule has 208 valence electrons. The first-order valence-corrected chi connectivity index (χ1v) is 13.1. The molecule has 1 aliphatic heterocycles. The minimum atomic E-state index is -2.88. The smallest absolute Gasteiger partial charge is 0.252 e. The molecule has 2 aromatic carbocycles. The number of alkyl halides is 2. The van der Waals surface area contributed by atoms with Crippen molar-refractivity contribution in [1.82, 2.24) is 15.3 Å². The van der Waals surface area contributed by atoms with E-state index in [2.05, 4.69) is 15.3 Å². The highest BCUT2D eigenvalue weighted by atomic mass is 35.5. The molecular weight excluding hydrogens is 547 g/mol. The van der Waals surface area contributed by atoms with Crippen molar-refractivity contribution in [1.29, 1.82) is 0 Å². The number of hydrogen-bond donors (Lipinski definition) is 1. The molecule has 2 heterocycles. The van der Waals surface area contributed by atoms with Crippen LogP contribution >= 0.6 is 11.6 Å². The highest BCUT2D eigenvalue weighted by Gasteiger charge is 2.47. The van der Waals surface area contributed by atoms with E-state index in [1.807, 2.05) is 0 Å². The molecule has 1 N–H and O–H groups in total. The maximum Gasteiger partial charge on any atom is 0.252 e. The summed E-state index contributed by atoms with van der Waals surface area (Å²) >= 11 is 6.47. The number of benzene rings is 2. The number of anilines is 2. The molecule has 2 aliphatic rings. The number of nitrogens with zero attached hydrogens (tertiary/aromatic N) is 4. The molecule has 3 amide bonds. The van der Waals surface area contributed by atoms with E-state index in [4.69, 9.17) is 11.6 Å². The van der Waals surface area contributed by atoms with Gasteiger partial charge in [-0.05, 0) is 36.8 Å². The maximum atomic E-state index is 14.4. The number of carbonyl (C=O) groups is 3. The average molecular weight is 572 g/mol. The Bertz CT molecular complexity index is 1420. The van der Waals surface area contributed by atoms with Crippen molar-refractivity contribution in [3.63, 3.8) is 0 Å². The van der Waals surface area contributed by atoms with E-state index in [1.54, 1.807) is 24.3 Å². The van der Waals surface area contributed by atoms with Crippen LogP contribution in [0.15, 0.2) is 67.0 Å². The lowest BCUT2D eigenvalue weighted by Gasteiger charge is -2.38. The normalized spacial score (nSPS) is 19.1. The van der Waals surface area contributed by atoms with Crippen LogP contribution in [0.2, 0.25) is 5.02 Å². The third-order valence-corrected chi connectivity index (χ3v) is 7.35.